The molecule has 2 rings (SSSR count). The Hall–Kier alpha value is 0.214. The predicted molar refractivity (Wildman–Crippen MR) is 52.5 cm³/mol. The predicted octanol–water partition coefficient (Wildman–Crippen LogP) is 3.22. The van der Waals surface area contributed by atoms with Crippen LogP contribution in [0.1, 0.15) is 24.8 Å². The van der Waals surface area contributed by atoms with E-state index in [2.05, 4.69) is 24.9 Å². The largest absolute Gasteiger partial charge is 0.306 e. The molecule has 0 aliphatic carbocycles. The van der Waals surface area contributed by atoms with E-state index in [0.717, 1.165) is 5.52 Å². The van der Waals surface area contributed by atoms with Crippen LogP contribution in [0, 0.1) is 6.07 Å². The first-order valence-corrected chi connectivity index (χ1v) is 4.86. The fourth-order valence-electron chi connectivity index (χ4n) is 1.08. The van der Waals surface area contributed by atoms with E-state index in [4.69, 9.17) is 0 Å². The molecular formula is C10H10NSY-. The Labute approximate surface area is 107 Å². The van der Waals surface area contributed by atoms with Gasteiger partial charge in [-0.25, -0.2) is 0 Å². The molecule has 2 aromatic rings. The molecule has 1 nitrogen and oxygen atoms in total. The Balaban J connectivity index is 0.000000845. The van der Waals surface area contributed by atoms with Gasteiger partial charge in [-0.3, -0.25) is 0 Å². The van der Waals surface area contributed by atoms with Crippen LogP contribution >= 0.6 is 11.3 Å². The summed E-state index contributed by atoms with van der Waals surface area (Å²) < 4.78 is 1.17. The Morgan fingerprint density at radius 2 is 2.23 bits per heavy atom. The second-order valence-corrected chi connectivity index (χ2v) is 4.12. The molecule has 0 unspecified atom stereocenters. The number of thiazole rings is 1. The Morgan fingerprint density at radius 1 is 1.46 bits per heavy atom. The van der Waals surface area contributed by atoms with Crippen LogP contribution in [0.5, 0.6) is 0 Å². The van der Waals surface area contributed by atoms with Crippen molar-refractivity contribution in [2.75, 3.05) is 0 Å². The van der Waals surface area contributed by atoms with Crippen LogP contribution in [0.3, 0.4) is 0 Å². The van der Waals surface area contributed by atoms with E-state index in [1.54, 1.807) is 11.3 Å². The zero-order chi connectivity index (χ0) is 8.55. The number of hydrogen-bond donors (Lipinski definition) is 0. The smallest absolute Gasteiger partial charge is 0.0798 e. The van der Waals surface area contributed by atoms with Crippen molar-refractivity contribution in [3.8, 4) is 0 Å². The Kier molecular flexibility index (Phi) is 4.02. The zero-order valence-corrected chi connectivity index (χ0v) is 11.4. The minimum atomic E-state index is 0. The molecule has 1 aromatic heterocycles. The van der Waals surface area contributed by atoms with Crippen molar-refractivity contribution in [1.82, 2.24) is 4.98 Å². The normalized spacial score (nSPS) is 10.4. The number of aromatic nitrogens is 1. The Bertz CT molecular complexity index is 361. The van der Waals surface area contributed by atoms with Gasteiger partial charge in [-0.15, -0.1) is 17.4 Å². The van der Waals surface area contributed by atoms with Gasteiger partial charge in [0.1, 0.15) is 0 Å². The van der Waals surface area contributed by atoms with Gasteiger partial charge in [0.15, 0.2) is 0 Å². The Morgan fingerprint density at radius 3 is 2.85 bits per heavy atom. The van der Waals surface area contributed by atoms with Crippen molar-refractivity contribution in [3.63, 3.8) is 0 Å². The summed E-state index contributed by atoms with van der Waals surface area (Å²) in [6.45, 7) is 4.33. The third-order valence-corrected chi connectivity index (χ3v) is 3.03. The fourth-order valence-corrected chi connectivity index (χ4v) is 2.01. The van der Waals surface area contributed by atoms with Crippen LogP contribution < -0.4 is 0 Å². The van der Waals surface area contributed by atoms with E-state index < -0.39 is 0 Å². The van der Waals surface area contributed by atoms with Crippen molar-refractivity contribution < 1.29 is 32.7 Å². The molecule has 0 atom stereocenters. The van der Waals surface area contributed by atoms with Gasteiger partial charge in [0, 0.05) is 38.6 Å². The maximum Gasteiger partial charge on any atom is 0.0798 e. The molecule has 13 heavy (non-hydrogen) atoms. The number of fused-ring (bicyclic) bond motifs is 1. The number of nitrogens with zero attached hydrogens (tertiary/aromatic N) is 1. The number of rotatable bonds is 1. The quantitative estimate of drug-likeness (QED) is 0.721. The second-order valence-electron chi connectivity index (χ2n) is 3.09. The molecule has 3 heteroatoms. The number of benzene rings is 1. The SMILES string of the molecule is CC(C)c1nc2ccc[c-]c2s1.[Y]. The van der Waals surface area contributed by atoms with Crippen LogP contribution in [0.15, 0.2) is 18.2 Å². The van der Waals surface area contributed by atoms with Gasteiger partial charge in [0.25, 0.3) is 0 Å². The summed E-state index contributed by atoms with van der Waals surface area (Å²) in [4.78, 5) is 4.50. The van der Waals surface area contributed by atoms with Crippen molar-refractivity contribution in [1.29, 1.82) is 0 Å². The van der Waals surface area contributed by atoms with Crippen molar-refractivity contribution in [3.05, 3.63) is 29.3 Å². The molecule has 0 fully saturated rings. The second kappa shape index (κ2) is 4.63. The van der Waals surface area contributed by atoms with Crippen molar-refractivity contribution in [2.24, 2.45) is 0 Å². The van der Waals surface area contributed by atoms with E-state index in [9.17, 15) is 0 Å². The molecule has 0 saturated carbocycles. The molecular weight excluding hydrogens is 255 g/mol. The molecule has 0 aliphatic heterocycles. The maximum absolute atomic E-state index is 4.50. The van der Waals surface area contributed by atoms with E-state index in [-0.39, 0.29) is 32.7 Å². The summed E-state index contributed by atoms with van der Waals surface area (Å²) in [5.41, 5.74) is 1.08. The minimum Gasteiger partial charge on any atom is -0.306 e. The van der Waals surface area contributed by atoms with Gasteiger partial charge in [-0.2, -0.15) is 18.2 Å². The molecule has 0 aliphatic rings. The van der Waals surface area contributed by atoms with E-state index >= 15 is 0 Å². The first kappa shape index (κ1) is 11.3. The average molecular weight is 265 g/mol. The summed E-state index contributed by atoms with van der Waals surface area (Å²) >= 11 is 1.74. The molecule has 0 N–H and O–H groups in total. The van der Waals surface area contributed by atoms with Gasteiger partial charge < -0.3 is 4.98 Å². The van der Waals surface area contributed by atoms with Crippen LogP contribution in [0.4, 0.5) is 0 Å². The van der Waals surface area contributed by atoms with Crippen LogP contribution in [0.25, 0.3) is 10.2 Å². The molecule has 0 amide bonds. The first-order valence-electron chi connectivity index (χ1n) is 4.04. The molecule has 1 heterocycles. The van der Waals surface area contributed by atoms with Gasteiger partial charge in [0.2, 0.25) is 0 Å². The average Bonchev–Trinajstić information content (AvgIpc) is 2.46. The summed E-state index contributed by atoms with van der Waals surface area (Å²) in [5, 5.41) is 1.20. The van der Waals surface area contributed by atoms with Gasteiger partial charge in [-0.1, -0.05) is 18.5 Å². The molecule has 0 spiro atoms. The summed E-state index contributed by atoms with van der Waals surface area (Å²) in [6, 6.07) is 9.13. The van der Waals surface area contributed by atoms with E-state index in [1.807, 2.05) is 18.2 Å². The molecule has 65 valence electrons. The van der Waals surface area contributed by atoms with Crippen LogP contribution in [-0.2, 0) is 32.7 Å². The molecule has 0 saturated heterocycles. The maximum atomic E-state index is 4.50. The van der Waals surface area contributed by atoms with E-state index in [0.29, 0.717) is 5.92 Å². The van der Waals surface area contributed by atoms with Crippen LogP contribution in [0.2, 0.25) is 0 Å². The number of hydrogen-bond acceptors (Lipinski definition) is 2. The molecule has 1 aromatic carbocycles. The van der Waals surface area contributed by atoms with E-state index in [1.165, 1.54) is 9.71 Å². The van der Waals surface area contributed by atoms with Gasteiger partial charge in [-0.05, 0) is 5.52 Å². The first-order chi connectivity index (χ1) is 5.77. The van der Waals surface area contributed by atoms with Crippen molar-refractivity contribution >= 4 is 21.6 Å². The standard InChI is InChI=1S/C10H10NS.Y/c1-7(2)10-11-8-5-3-4-6-9(8)12-10;/h3-5,7H,1-2H3;/q-1;. The van der Waals surface area contributed by atoms with Crippen molar-refractivity contribution in [2.45, 2.75) is 19.8 Å². The topological polar surface area (TPSA) is 12.9 Å². The minimum absolute atomic E-state index is 0. The van der Waals surface area contributed by atoms with Crippen LogP contribution in [-0.4, -0.2) is 4.98 Å². The third-order valence-electron chi connectivity index (χ3n) is 1.73. The summed E-state index contributed by atoms with van der Waals surface area (Å²) in [5.74, 6) is 0.524. The van der Waals surface area contributed by atoms with Gasteiger partial charge in [0.05, 0.1) is 5.01 Å². The molecule has 1 radical (unpaired) electrons. The fraction of sp³-hybridized carbons (Fsp3) is 0.300. The summed E-state index contributed by atoms with van der Waals surface area (Å²) in [6.07, 6.45) is 0. The monoisotopic (exact) mass is 265 g/mol. The summed E-state index contributed by atoms with van der Waals surface area (Å²) in [7, 11) is 0. The molecule has 0 bridgehead atoms. The third kappa shape index (κ3) is 2.36. The van der Waals surface area contributed by atoms with Gasteiger partial charge >= 0.3 is 0 Å². The zero-order valence-electron chi connectivity index (χ0n) is 7.74.